The lowest BCUT2D eigenvalue weighted by Crippen LogP contribution is -2.29. The summed E-state index contributed by atoms with van der Waals surface area (Å²) in [4.78, 5) is 35.2. The van der Waals surface area contributed by atoms with Gasteiger partial charge >= 0.3 is 19.8 Å². The van der Waals surface area contributed by atoms with Gasteiger partial charge in [0.05, 0.1) is 19.8 Å². The Balaban J connectivity index is 4.14. The Morgan fingerprint density at radius 1 is 0.460 bits per heavy atom. The van der Waals surface area contributed by atoms with E-state index in [1.807, 2.05) is 0 Å². The Kier molecular flexibility index (Phi) is 47.6. The highest BCUT2D eigenvalue weighted by Crippen LogP contribution is 2.43. The van der Waals surface area contributed by atoms with Crippen molar-refractivity contribution in [3.05, 3.63) is 12.2 Å². The van der Waals surface area contributed by atoms with E-state index in [1.54, 1.807) is 0 Å². The van der Waals surface area contributed by atoms with Gasteiger partial charge in [-0.2, -0.15) is 0 Å². The largest absolute Gasteiger partial charge is 0.472 e. The molecule has 0 fully saturated rings. The van der Waals surface area contributed by atoms with Gasteiger partial charge in [0, 0.05) is 12.8 Å². The van der Waals surface area contributed by atoms with Crippen molar-refractivity contribution < 1.29 is 47.8 Å². The first-order valence-electron chi connectivity index (χ1n) is 26.6. The number of esters is 2. The van der Waals surface area contributed by atoms with Crippen molar-refractivity contribution in [1.82, 2.24) is 0 Å². The van der Waals surface area contributed by atoms with E-state index < -0.39 is 51.8 Å². The van der Waals surface area contributed by atoms with E-state index >= 15 is 0 Å². The van der Waals surface area contributed by atoms with Crippen LogP contribution in [0.15, 0.2) is 12.2 Å². The summed E-state index contributed by atoms with van der Waals surface area (Å²) >= 11 is 0. The van der Waals surface area contributed by atoms with Gasteiger partial charge in [0.1, 0.15) is 12.7 Å². The summed E-state index contributed by atoms with van der Waals surface area (Å²) < 4.78 is 32.9. The second-order valence-electron chi connectivity index (χ2n) is 18.3. The molecule has 11 heteroatoms. The maximum atomic E-state index is 12.7. The Morgan fingerprint density at radius 2 is 0.794 bits per heavy atom. The summed E-state index contributed by atoms with van der Waals surface area (Å²) in [7, 11) is -4.63. The van der Waals surface area contributed by atoms with Gasteiger partial charge in [-0.1, -0.05) is 238 Å². The predicted molar refractivity (Wildman–Crippen MR) is 261 cm³/mol. The van der Waals surface area contributed by atoms with Crippen molar-refractivity contribution in [2.75, 3.05) is 26.4 Å². The molecule has 0 saturated heterocycles. The number of hydrogen-bond acceptors (Lipinski definition) is 9. The minimum atomic E-state index is -4.63. The quantitative estimate of drug-likeness (QED) is 0.0233. The molecule has 0 saturated carbocycles. The summed E-state index contributed by atoms with van der Waals surface area (Å²) in [5, 5.41) is 18.4. The van der Waals surface area contributed by atoms with Crippen LogP contribution in [0, 0.1) is 0 Å². The standard InChI is InChI=1S/C52H101O10P/c1-3-5-7-9-11-13-15-17-19-21-22-23-24-25-26-28-30-32-34-36-38-40-42-44-52(56)62-50(48-61-63(57,58)60-46-49(54)45-53)47-59-51(55)43-41-39-37-35-33-31-29-27-20-18-16-14-12-10-8-6-4-2/h36,38,49-50,53-54H,3-35,37,39-48H2,1-2H3,(H,57,58)/b38-36+/t49-,50+/m0/s1. The Labute approximate surface area is 387 Å². The molecule has 0 aromatic heterocycles. The summed E-state index contributed by atoms with van der Waals surface area (Å²) in [5.74, 6) is -0.944. The molecule has 0 aliphatic rings. The van der Waals surface area contributed by atoms with Gasteiger partial charge in [0.15, 0.2) is 6.10 Å². The lowest BCUT2D eigenvalue weighted by molar-refractivity contribution is -0.161. The van der Waals surface area contributed by atoms with Gasteiger partial charge in [-0.25, -0.2) is 4.57 Å². The first-order chi connectivity index (χ1) is 30.7. The van der Waals surface area contributed by atoms with Crippen molar-refractivity contribution in [2.24, 2.45) is 0 Å². The van der Waals surface area contributed by atoms with Crippen LogP contribution < -0.4 is 0 Å². The second kappa shape index (κ2) is 48.6. The number of aliphatic hydroxyl groups is 2. The minimum absolute atomic E-state index is 0.142. The molecule has 0 amide bonds. The number of hydrogen-bond donors (Lipinski definition) is 3. The zero-order valence-electron chi connectivity index (χ0n) is 41.1. The average Bonchev–Trinajstić information content (AvgIpc) is 3.27. The SMILES string of the molecule is CCCCCCCCCCCCCCCCCCCC/C=C/CCCC(=O)O[C@H](COC(=O)CCCCCCCCCCCCCCCCCCC)COP(=O)(O)OC[C@@H](O)CO. The number of unbranched alkanes of at least 4 members (excludes halogenated alkanes) is 35. The molecule has 3 N–H and O–H groups in total. The monoisotopic (exact) mass is 917 g/mol. The van der Waals surface area contributed by atoms with Crippen LogP contribution >= 0.6 is 7.82 Å². The van der Waals surface area contributed by atoms with E-state index in [4.69, 9.17) is 23.6 Å². The molecule has 0 aliphatic carbocycles. The molecule has 0 rings (SSSR count). The molecule has 374 valence electrons. The topological polar surface area (TPSA) is 149 Å². The number of ether oxygens (including phenoxy) is 2. The van der Waals surface area contributed by atoms with Gasteiger partial charge in [-0.15, -0.1) is 0 Å². The Bertz CT molecular complexity index is 1060. The van der Waals surface area contributed by atoms with E-state index in [0.29, 0.717) is 12.8 Å². The number of phosphoric ester groups is 1. The molecular weight excluding hydrogens is 816 g/mol. The van der Waals surface area contributed by atoms with E-state index in [-0.39, 0.29) is 19.4 Å². The fourth-order valence-electron chi connectivity index (χ4n) is 7.82. The zero-order valence-corrected chi connectivity index (χ0v) is 42.0. The van der Waals surface area contributed by atoms with E-state index in [9.17, 15) is 24.2 Å². The van der Waals surface area contributed by atoms with Crippen LogP contribution in [0.25, 0.3) is 0 Å². The first-order valence-corrected chi connectivity index (χ1v) is 28.1. The third-order valence-corrected chi connectivity index (χ3v) is 12.9. The molecule has 0 bridgehead atoms. The van der Waals surface area contributed by atoms with E-state index in [1.165, 1.54) is 199 Å². The van der Waals surface area contributed by atoms with Gasteiger partial charge < -0.3 is 24.6 Å². The predicted octanol–water partition coefficient (Wildman–Crippen LogP) is 15.1. The second-order valence-corrected chi connectivity index (χ2v) is 19.7. The maximum absolute atomic E-state index is 12.7. The number of rotatable bonds is 51. The molecule has 63 heavy (non-hydrogen) atoms. The number of aliphatic hydroxyl groups excluding tert-OH is 2. The third-order valence-electron chi connectivity index (χ3n) is 11.9. The van der Waals surface area contributed by atoms with Crippen molar-refractivity contribution in [3.63, 3.8) is 0 Å². The van der Waals surface area contributed by atoms with Gasteiger partial charge in [0.2, 0.25) is 0 Å². The van der Waals surface area contributed by atoms with Crippen LogP contribution in [-0.2, 0) is 32.7 Å². The molecule has 10 nitrogen and oxygen atoms in total. The first kappa shape index (κ1) is 61.7. The van der Waals surface area contributed by atoms with Crippen LogP contribution in [0.4, 0.5) is 0 Å². The molecule has 0 aliphatic heterocycles. The van der Waals surface area contributed by atoms with Crippen molar-refractivity contribution in [3.8, 4) is 0 Å². The van der Waals surface area contributed by atoms with E-state index in [2.05, 4.69) is 26.0 Å². The molecule has 1 unspecified atom stereocenters. The molecule has 0 heterocycles. The molecule has 0 spiro atoms. The zero-order chi connectivity index (χ0) is 46.2. The molecule has 0 radical (unpaired) electrons. The number of carbonyl (C=O) groups is 2. The number of carbonyl (C=O) groups excluding carboxylic acids is 2. The molecular formula is C52H101O10P. The lowest BCUT2D eigenvalue weighted by Gasteiger charge is -2.20. The Morgan fingerprint density at radius 3 is 1.19 bits per heavy atom. The van der Waals surface area contributed by atoms with Crippen molar-refractivity contribution in [2.45, 2.75) is 283 Å². The summed E-state index contributed by atoms with van der Waals surface area (Å²) in [6.45, 7) is 2.42. The summed E-state index contributed by atoms with van der Waals surface area (Å²) in [6, 6.07) is 0. The molecule has 0 aromatic rings. The van der Waals surface area contributed by atoms with Crippen LogP contribution in [0.1, 0.15) is 271 Å². The fourth-order valence-corrected chi connectivity index (χ4v) is 8.61. The molecule has 0 aromatic carbocycles. The van der Waals surface area contributed by atoms with Gasteiger partial charge in [0.25, 0.3) is 0 Å². The maximum Gasteiger partial charge on any atom is 0.472 e. The van der Waals surface area contributed by atoms with Crippen molar-refractivity contribution >= 4 is 19.8 Å². The summed E-state index contributed by atoms with van der Waals surface area (Å²) in [6.07, 6.45) is 50.5. The van der Waals surface area contributed by atoms with Gasteiger partial charge in [-0.3, -0.25) is 18.6 Å². The number of phosphoric acid groups is 1. The smallest absolute Gasteiger partial charge is 0.462 e. The average molecular weight is 917 g/mol. The third kappa shape index (κ3) is 48.5. The van der Waals surface area contributed by atoms with Crippen LogP contribution in [-0.4, -0.2) is 65.7 Å². The fraction of sp³-hybridized carbons (Fsp3) is 0.923. The normalized spacial score (nSPS) is 13.7. The number of allylic oxidation sites excluding steroid dienone is 2. The van der Waals surface area contributed by atoms with Crippen LogP contribution in [0.2, 0.25) is 0 Å². The Hall–Kier alpha value is -1.29. The minimum Gasteiger partial charge on any atom is -0.462 e. The van der Waals surface area contributed by atoms with E-state index in [0.717, 1.165) is 32.1 Å². The highest BCUT2D eigenvalue weighted by atomic mass is 31.2. The highest BCUT2D eigenvalue weighted by molar-refractivity contribution is 7.47. The van der Waals surface area contributed by atoms with Crippen LogP contribution in [0.3, 0.4) is 0 Å². The molecule has 3 atom stereocenters. The lowest BCUT2D eigenvalue weighted by atomic mass is 10.0. The van der Waals surface area contributed by atoms with Crippen LogP contribution in [0.5, 0.6) is 0 Å². The highest BCUT2D eigenvalue weighted by Gasteiger charge is 2.27. The van der Waals surface area contributed by atoms with Gasteiger partial charge in [-0.05, 0) is 32.1 Å². The summed E-state index contributed by atoms with van der Waals surface area (Å²) in [5.41, 5.74) is 0. The van der Waals surface area contributed by atoms with Crippen molar-refractivity contribution in [1.29, 1.82) is 0 Å².